The van der Waals surface area contributed by atoms with Crippen LogP contribution in [0.3, 0.4) is 0 Å². The van der Waals surface area contributed by atoms with Crippen molar-refractivity contribution in [1.29, 1.82) is 0 Å². The largest absolute Gasteiger partial charge is 0.497 e. The monoisotopic (exact) mass is 365 g/mol. The van der Waals surface area contributed by atoms with E-state index in [2.05, 4.69) is 0 Å². The summed E-state index contributed by atoms with van der Waals surface area (Å²) < 4.78 is 36.6. The van der Waals surface area contributed by atoms with Gasteiger partial charge in [0.1, 0.15) is 24.2 Å². The molecule has 2 rings (SSSR count). The first-order valence-electron chi connectivity index (χ1n) is 7.81. The fraction of sp³-hybridized carbons (Fsp3) is 0.333. The minimum atomic E-state index is -3.64. The maximum atomic E-state index is 12.5. The SMILES string of the molecule is COc1ccc(OCC(O)CN(C)S(=O)(=O)c2ccc(C)cc2)cc1. The van der Waals surface area contributed by atoms with Crippen LogP contribution in [-0.2, 0) is 10.0 Å². The molecule has 0 fully saturated rings. The summed E-state index contributed by atoms with van der Waals surface area (Å²) in [5.41, 5.74) is 0.981. The Labute approximate surface area is 148 Å². The molecule has 0 aliphatic heterocycles. The van der Waals surface area contributed by atoms with Crippen molar-refractivity contribution in [3.63, 3.8) is 0 Å². The molecule has 1 unspecified atom stereocenters. The van der Waals surface area contributed by atoms with E-state index in [0.29, 0.717) is 11.5 Å². The number of likely N-dealkylation sites (N-methyl/N-ethyl adjacent to an activating group) is 1. The smallest absolute Gasteiger partial charge is 0.242 e. The van der Waals surface area contributed by atoms with Crippen molar-refractivity contribution in [2.24, 2.45) is 0 Å². The van der Waals surface area contributed by atoms with Crippen molar-refractivity contribution >= 4 is 10.0 Å². The molecule has 0 saturated heterocycles. The van der Waals surface area contributed by atoms with Crippen LogP contribution in [0.1, 0.15) is 5.56 Å². The van der Waals surface area contributed by atoms with E-state index in [9.17, 15) is 13.5 Å². The topological polar surface area (TPSA) is 76.1 Å². The second-order valence-electron chi connectivity index (χ2n) is 5.74. The van der Waals surface area contributed by atoms with E-state index in [0.717, 1.165) is 9.87 Å². The molecule has 0 heterocycles. The Kier molecular flexibility index (Phi) is 6.41. The number of hydrogen-bond donors (Lipinski definition) is 1. The molecule has 0 aliphatic carbocycles. The third-order valence-electron chi connectivity index (χ3n) is 3.70. The number of aryl methyl sites for hydroxylation is 1. The van der Waals surface area contributed by atoms with Gasteiger partial charge in [0.05, 0.1) is 12.0 Å². The Morgan fingerprint density at radius 1 is 1.04 bits per heavy atom. The quantitative estimate of drug-likeness (QED) is 0.775. The van der Waals surface area contributed by atoms with Gasteiger partial charge in [0.25, 0.3) is 0 Å². The van der Waals surface area contributed by atoms with Crippen molar-refractivity contribution < 1.29 is 23.0 Å². The predicted octanol–water partition coefficient (Wildman–Crippen LogP) is 2.06. The van der Waals surface area contributed by atoms with Gasteiger partial charge in [-0.2, -0.15) is 4.31 Å². The highest BCUT2D eigenvalue weighted by Crippen LogP contribution is 2.18. The summed E-state index contributed by atoms with van der Waals surface area (Å²) in [6, 6.07) is 13.5. The number of nitrogens with zero attached hydrogens (tertiary/aromatic N) is 1. The highest BCUT2D eigenvalue weighted by molar-refractivity contribution is 7.89. The van der Waals surface area contributed by atoms with Crippen molar-refractivity contribution in [2.75, 3.05) is 27.3 Å². The molecule has 0 aromatic heterocycles. The summed E-state index contributed by atoms with van der Waals surface area (Å²) in [6.45, 7) is 1.81. The molecule has 0 saturated carbocycles. The summed E-state index contributed by atoms with van der Waals surface area (Å²) in [4.78, 5) is 0.198. The molecule has 1 atom stereocenters. The highest BCUT2D eigenvalue weighted by Gasteiger charge is 2.23. The van der Waals surface area contributed by atoms with Crippen molar-refractivity contribution in [3.05, 3.63) is 54.1 Å². The van der Waals surface area contributed by atoms with Gasteiger partial charge in [0, 0.05) is 13.6 Å². The maximum absolute atomic E-state index is 12.5. The van der Waals surface area contributed by atoms with E-state index < -0.39 is 16.1 Å². The molecular formula is C18H23NO5S. The number of ether oxygens (including phenoxy) is 2. The zero-order valence-electron chi connectivity index (χ0n) is 14.5. The maximum Gasteiger partial charge on any atom is 0.242 e. The number of rotatable bonds is 8. The second kappa shape index (κ2) is 8.33. The predicted molar refractivity (Wildman–Crippen MR) is 95.5 cm³/mol. The summed E-state index contributed by atoms with van der Waals surface area (Å²) in [6.07, 6.45) is -0.952. The van der Waals surface area contributed by atoms with E-state index in [1.807, 2.05) is 6.92 Å². The fourth-order valence-electron chi connectivity index (χ4n) is 2.20. The van der Waals surface area contributed by atoms with Gasteiger partial charge >= 0.3 is 0 Å². The molecule has 0 spiro atoms. The molecule has 2 aromatic carbocycles. The van der Waals surface area contributed by atoms with Gasteiger partial charge in [0.2, 0.25) is 10.0 Å². The summed E-state index contributed by atoms with van der Waals surface area (Å²) in [5.74, 6) is 1.28. The Morgan fingerprint density at radius 2 is 1.60 bits per heavy atom. The minimum absolute atomic E-state index is 0.0138. The average Bonchev–Trinajstić information content (AvgIpc) is 2.60. The van der Waals surface area contributed by atoms with Gasteiger partial charge in [-0.1, -0.05) is 17.7 Å². The van der Waals surface area contributed by atoms with Gasteiger partial charge < -0.3 is 14.6 Å². The van der Waals surface area contributed by atoms with Gasteiger partial charge in [-0.3, -0.25) is 0 Å². The first kappa shape index (κ1) is 19.2. The van der Waals surface area contributed by atoms with Crippen LogP contribution in [0, 0.1) is 6.92 Å². The molecule has 0 amide bonds. The van der Waals surface area contributed by atoms with E-state index >= 15 is 0 Å². The number of hydrogen-bond acceptors (Lipinski definition) is 5. The van der Waals surface area contributed by atoms with Crippen LogP contribution in [-0.4, -0.2) is 51.2 Å². The Hall–Kier alpha value is -2.09. The number of methoxy groups -OCH3 is 1. The first-order valence-corrected chi connectivity index (χ1v) is 9.25. The van der Waals surface area contributed by atoms with Crippen molar-refractivity contribution in [3.8, 4) is 11.5 Å². The molecule has 6 nitrogen and oxygen atoms in total. The Balaban J connectivity index is 1.92. The lowest BCUT2D eigenvalue weighted by Crippen LogP contribution is -2.37. The fourth-order valence-corrected chi connectivity index (χ4v) is 3.41. The van der Waals surface area contributed by atoms with Gasteiger partial charge in [-0.05, 0) is 43.3 Å². The van der Waals surface area contributed by atoms with Crippen molar-refractivity contribution in [1.82, 2.24) is 4.31 Å². The number of benzene rings is 2. The number of aliphatic hydroxyl groups is 1. The zero-order chi connectivity index (χ0) is 18.4. The zero-order valence-corrected chi connectivity index (χ0v) is 15.4. The molecule has 0 radical (unpaired) electrons. The molecule has 0 aliphatic rings. The van der Waals surface area contributed by atoms with Crippen LogP contribution in [0.4, 0.5) is 0 Å². The van der Waals surface area contributed by atoms with Crippen LogP contribution in [0.2, 0.25) is 0 Å². The summed E-state index contributed by atoms with van der Waals surface area (Å²) >= 11 is 0. The summed E-state index contributed by atoms with van der Waals surface area (Å²) in [5, 5.41) is 10.1. The minimum Gasteiger partial charge on any atom is -0.497 e. The normalized spacial score (nSPS) is 12.8. The van der Waals surface area contributed by atoms with E-state index in [4.69, 9.17) is 9.47 Å². The first-order chi connectivity index (χ1) is 11.8. The molecular weight excluding hydrogens is 342 g/mol. The lowest BCUT2D eigenvalue weighted by atomic mass is 10.2. The molecule has 1 N–H and O–H groups in total. The highest BCUT2D eigenvalue weighted by atomic mass is 32.2. The van der Waals surface area contributed by atoms with Crippen LogP contribution in [0.25, 0.3) is 0 Å². The van der Waals surface area contributed by atoms with Crippen LogP contribution < -0.4 is 9.47 Å². The second-order valence-corrected chi connectivity index (χ2v) is 7.78. The Bertz CT molecular complexity index is 772. The molecule has 7 heteroatoms. The summed E-state index contributed by atoms with van der Waals surface area (Å²) in [7, 11) is -0.632. The third kappa shape index (κ3) is 5.19. The van der Waals surface area contributed by atoms with Crippen molar-refractivity contribution in [2.45, 2.75) is 17.9 Å². The standard InChI is InChI=1S/C18H23NO5S/c1-14-4-10-18(11-5-14)25(21,22)19(2)12-15(20)13-24-17-8-6-16(23-3)7-9-17/h4-11,15,20H,12-13H2,1-3H3. The van der Waals surface area contributed by atoms with Gasteiger partial charge in [-0.25, -0.2) is 8.42 Å². The van der Waals surface area contributed by atoms with E-state index in [1.54, 1.807) is 55.6 Å². The molecule has 25 heavy (non-hydrogen) atoms. The van der Waals surface area contributed by atoms with Gasteiger partial charge in [-0.15, -0.1) is 0 Å². The average molecular weight is 365 g/mol. The Morgan fingerprint density at radius 3 is 2.16 bits per heavy atom. The molecule has 136 valence electrons. The van der Waals surface area contributed by atoms with Crippen LogP contribution in [0.15, 0.2) is 53.4 Å². The molecule has 0 bridgehead atoms. The van der Waals surface area contributed by atoms with Crippen LogP contribution >= 0.6 is 0 Å². The number of sulfonamides is 1. The van der Waals surface area contributed by atoms with E-state index in [-0.39, 0.29) is 18.0 Å². The molecule has 2 aromatic rings. The van der Waals surface area contributed by atoms with Crippen LogP contribution in [0.5, 0.6) is 11.5 Å². The lowest BCUT2D eigenvalue weighted by molar-refractivity contribution is 0.0935. The van der Waals surface area contributed by atoms with E-state index in [1.165, 1.54) is 7.05 Å². The lowest BCUT2D eigenvalue weighted by Gasteiger charge is -2.21. The van der Waals surface area contributed by atoms with Gasteiger partial charge in [0.15, 0.2) is 0 Å². The third-order valence-corrected chi connectivity index (χ3v) is 5.54. The number of aliphatic hydroxyl groups excluding tert-OH is 1.